The minimum absolute atomic E-state index is 0.0129. The number of carbonyl (C=O) groups is 1. The van der Waals surface area contributed by atoms with Crippen LogP contribution in [-0.4, -0.2) is 15.3 Å². The number of anilines is 1. The molecule has 0 aliphatic carbocycles. The maximum atomic E-state index is 12.4. The van der Waals surface area contributed by atoms with Gasteiger partial charge in [-0.3, -0.25) is 14.0 Å². The van der Waals surface area contributed by atoms with Crippen molar-refractivity contribution >= 4 is 43.8 Å². The number of ether oxygens (including phenoxy) is 1. The molecule has 0 aliphatic rings. The quantitative estimate of drug-likeness (QED) is 0.503. The van der Waals surface area contributed by atoms with Gasteiger partial charge < -0.3 is 10.1 Å². The molecule has 2 heterocycles. The Morgan fingerprint density at radius 2 is 1.74 bits per heavy atom. The standard InChI is InChI=1S/C19H12BrN3O3S/c20-12-1-5-14(6-2-12)26-15-7-3-13(4-8-15)22-17(24)16-11-21-19-23(18(16)25)9-10-27-19/h1-11H,(H,22,24). The molecular weight excluding hydrogens is 430 g/mol. The second kappa shape index (κ2) is 7.34. The van der Waals surface area contributed by atoms with Crippen LogP contribution >= 0.6 is 27.3 Å². The Hall–Kier alpha value is -2.97. The summed E-state index contributed by atoms with van der Waals surface area (Å²) in [7, 11) is 0. The highest BCUT2D eigenvalue weighted by molar-refractivity contribution is 9.10. The van der Waals surface area contributed by atoms with Crippen molar-refractivity contribution in [1.29, 1.82) is 0 Å². The van der Waals surface area contributed by atoms with Crippen molar-refractivity contribution in [3.8, 4) is 11.5 Å². The SMILES string of the molecule is O=C(Nc1ccc(Oc2ccc(Br)cc2)cc1)c1cnc2sccn2c1=O. The molecule has 6 nitrogen and oxygen atoms in total. The van der Waals surface area contributed by atoms with Gasteiger partial charge >= 0.3 is 0 Å². The third-order valence-electron chi connectivity index (χ3n) is 3.75. The summed E-state index contributed by atoms with van der Waals surface area (Å²) < 4.78 is 8.07. The van der Waals surface area contributed by atoms with E-state index in [2.05, 4.69) is 26.2 Å². The van der Waals surface area contributed by atoms with Crippen molar-refractivity contribution in [3.63, 3.8) is 0 Å². The summed E-state index contributed by atoms with van der Waals surface area (Å²) in [4.78, 5) is 29.4. The van der Waals surface area contributed by atoms with Crippen LogP contribution in [0.1, 0.15) is 10.4 Å². The monoisotopic (exact) mass is 441 g/mol. The second-order valence-corrected chi connectivity index (χ2v) is 7.36. The fourth-order valence-corrected chi connectivity index (χ4v) is 3.36. The molecule has 27 heavy (non-hydrogen) atoms. The van der Waals surface area contributed by atoms with Gasteiger partial charge in [0.2, 0.25) is 0 Å². The zero-order chi connectivity index (χ0) is 18.8. The van der Waals surface area contributed by atoms with Gasteiger partial charge in [0.05, 0.1) is 0 Å². The van der Waals surface area contributed by atoms with E-state index >= 15 is 0 Å². The molecular formula is C19H12BrN3O3S. The molecule has 0 saturated carbocycles. The van der Waals surface area contributed by atoms with E-state index in [1.54, 1.807) is 35.8 Å². The summed E-state index contributed by atoms with van der Waals surface area (Å²) in [5, 5.41) is 4.45. The molecule has 0 bridgehead atoms. The predicted octanol–water partition coefficient (Wildman–Crippen LogP) is 4.56. The van der Waals surface area contributed by atoms with Gasteiger partial charge in [0, 0.05) is 27.9 Å². The number of fused-ring (bicyclic) bond motifs is 1. The number of nitrogens with one attached hydrogen (secondary N) is 1. The Morgan fingerprint density at radius 1 is 1.07 bits per heavy atom. The van der Waals surface area contributed by atoms with Gasteiger partial charge in [-0.1, -0.05) is 15.9 Å². The minimum atomic E-state index is -0.505. The first kappa shape index (κ1) is 17.4. The largest absolute Gasteiger partial charge is 0.457 e. The topological polar surface area (TPSA) is 72.7 Å². The van der Waals surface area contributed by atoms with Gasteiger partial charge in [-0.15, -0.1) is 11.3 Å². The van der Waals surface area contributed by atoms with Crippen LogP contribution in [0.25, 0.3) is 4.96 Å². The molecule has 0 saturated heterocycles. The highest BCUT2D eigenvalue weighted by atomic mass is 79.9. The van der Waals surface area contributed by atoms with Crippen molar-refractivity contribution in [3.05, 3.63) is 86.7 Å². The molecule has 4 aromatic rings. The van der Waals surface area contributed by atoms with Crippen molar-refractivity contribution in [2.45, 2.75) is 0 Å². The molecule has 1 N–H and O–H groups in total. The lowest BCUT2D eigenvalue weighted by atomic mass is 10.2. The first-order valence-electron chi connectivity index (χ1n) is 7.90. The molecule has 0 aliphatic heterocycles. The average molecular weight is 442 g/mol. The Kier molecular flexibility index (Phi) is 4.74. The number of nitrogens with zero attached hydrogens (tertiary/aromatic N) is 2. The molecule has 1 amide bonds. The van der Waals surface area contributed by atoms with Crippen LogP contribution in [0.2, 0.25) is 0 Å². The summed E-state index contributed by atoms with van der Waals surface area (Å²) in [6.07, 6.45) is 2.90. The van der Waals surface area contributed by atoms with Crippen LogP contribution in [0.4, 0.5) is 5.69 Å². The van der Waals surface area contributed by atoms with Gasteiger partial charge in [0.15, 0.2) is 4.96 Å². The van der Waals surface area contributed by atoms with Crippen LogP contribution in [0, 0.1) is 0 Å². The summed E-state index contributed by atoms with van der Waals surface area (Å²) in [5.41, 5.74) is 0.146. The molecule has 4 rings (SSSR count). The number of rotatable bonds is 4. The normalized spacial score (nSPS) is 10.7. The zero-order valence-electron chi connectivity index (χ0n) is 13.8. The molecule has 2 aromatic heterocycles. The van der Waals surface area contributed by atoms with E-state index < -0.39 is 11.5 Å². The summed E-state index contributed by atoms with van der Waals surface area (Å²) in [5.74, 6) is 0.838. The summed E-state index contributed by atoms with van der Waals surface area (Å²) in [6.45, 7) is 0. The molecule has 8 heteroatoms. The third kappa shape index (κ3) is 3.76. The number of amides is 1. The van der Waals surface area contributed by atoms with Crippen LogP contribution in [0.3, 0.4) is 0 Å². The van der Waals surface area contributed by atoms with E-state index in [4.69, 9.17) is 4.74 Å². The lowest BCUT2D eigenvalue weighted by Gasteiger charge is -2.08. The first-order chi connectivity index (χ1) is 13.1. The number of hydrogen-bond acceptors (Lipinski definition) is 5. The highest BCUT2D eigenvalue weighted by Gasteiger charge is 2.14. The zero-order valence-corrected chi connectivity index (χ0v) is 16.2. The van der Waals surface area contributed by atoms with Gasteiger partial charge in [-0.25, -0.2) is 4.98 Å². The van der Waals surface area contributed by atoms with Gasteiger partial charge in [0.1, 0.15) is 17.1 Å². The predicted molar refractivity (Wildman–Crippen MR) is 108 cm³/mol. The lowest BCUT2D eigenvalue weighted by Crippen LogP contribution is -2.25. The molecule has 0 spiro atoms. The van der Waals surface area contributed by atoms with E-state index in [9.17, 15) is 9.59 Å². The van der Waals surface area contributed by atoms with E-state index in [0.717, 1.165) is 4.47 Å². The van der Waals surface area contributed by atoms with Crippen molar-refractivity contribution in [1.82, 2.24) is 9.38 Å². The third-order valence-corrected chi connectivity index (χ3v) is 5.05. The van der Waals surface area contributed by atoms with Crippen molar-refractivity contribution in [2.75, 3.05) is 5.32 Å². The number of hydrogen-bond donors (Lipinski definition) is 1. The average Bonchev–Trinajstić information content (AvgIpc) is 3.15. The van der Waals surface area contributed by atoms with E-state index in [0.29, 0.717) is 22.1 Å². The number of halogens is 1. The van der Waals surface area contributed by atoms with E-state index in [1.807, 2.05) is 24.3 Å². The van der Waals surface area contributed by atoms with E-state index in [-0.39, 0.29) is 5.56 Å². The molecule has 134 valence electrons. The molecule has 0 atom stereocenters. The van der Waals surface area contributed by atoms with Crippen LogP contribution in [0.5, 0.6) is 11.5 Å². The number of aromatic nitrogens is 2. The van der Waals surface area contributed by atoms with Gasteiger partial charge in [-0.05, 0) is 48.5 Å². The number of carbonyl (C=O) groups excluding carboxylic acids is 1. The Balaban J connectivity index is 1.49. The highest BCUT2D eigenvalue weighted by Crippen LogP contribution is 2.24. The lowest BCUT2D eigenvalue weighted by molar-refractivity contribution is 0.102. The minimum Gasteiger partial charge on any atom is -0.457 e. The summed E-state index contributed by atoms with van der Waals surface area (Å²) >= 11 is 4.71. The smallest absolute Gasteiger partial charge is 0.271 e. The Labute approximate surface area is 166 Å². The van der Waals surface area contributed by atoms with Gasteiger partial charge in [-0.2, -0.15) is 0 Å². The Bertz CT molecular complexity index is 1170. The molecule has 0 radical (unpaired) electrons. The fourth-order valence-electron chi connectivity index (χ4n) is 2.42. The maximum absolute atomic E-state index is 12.4. The van der Waals surface area contributed by atoms with E-state index in [1.165, 1.54) is 21.9 Å². The van der Waals surface area contributed by atoms with Crippen LogP contribution in [-0.2, 0) is 0 Å². The van der Waals surface area contributed by atoms with Gasteiger partial charge in [0.25, 0.3) is 11.5 Å². The fraction of sp³-hybridized carbons (Fsp3) is 0. The van der Waals surface area contributed by atoms with Crippen molar-refractivity contribution in [2.24, 2.45) is 0 Å². The number of benzene rings is 2. The maximum Gasteiger partial charge on any atom is 0.271 e. The Morgan fingerprint density at radius 3 is 2.44 bits per heavy atom. The van der Waals surface area contributed by atoms with Crippen LogP contribution < -0.4 is 15.6 Å². The molecule has 2 aromatic carbocycles. The number of thiazole rings is 1. The molecule has 0 fully saturated rings. The molecule has 0 unspecified atom stereocenters. The van der Waals surface area contributed by atoms with Crippen LogP contribution in [0.15, 0.2) is 75.6 Å². The van der Waals surface area contributed by atoms with Crippen molar-refractivity contribution < 1.29 is 9.53 Å². The first-order valence-corrected chi connectivity index (χ1v) is 9.57. The second-order valence-electron chi connectivity index (χ2n) is 5.57. The summed E-state index contributed by atoms with van der Waals surface area (Å²) in [6, 6.07) is 14.4.